The van der Waals surface area contributed by atoms with Crippen LogP contribution in [-0.2, 0) is 11.3 Å². The van der Waals surface area contributed by atoms with Crippen LogP contribution in [0, 0.1) is 17.8 Å². The van der Waals surface area contributed by atoms with Crippen molar-refractivity contribution >= 4 is 0 Å². The first-order valence-electron chi connectivity index (χ1n) is 9.06. The van der Waals surface area contributed by atoms with Gasteiger partial charge in [-0.3, -0.25) is 0 Å². The minimum atomic E-state index is -0.360. The summed E-state index contributed by atoms with van der Waals surface area (Å²) in [6.45, 7) is 6.40. The lowest BCUT2D eigenvalue weighted by atomic mass is 9.90. The van der Waals surface area contributed by atoms with Crippen molar-refractivity contribution < 1.29 is 14.9 Å². The van der Waals surface area contributed by atoms with Crippen LogP contribution in [0.1, 0.15) is 31.2 Å². The van der Waals surface area contributed by atoms with Crippen molar-refractivity contribution in [2.75, 3.05) is 19.7 Å². The second-order valence-corrected chi connectivity index (χ2v) is 7.29. The first-order valence-corrected chi connectivity index (χ1v) is 9.06. The molecule has 24 heavy (non-hydrogen) atoms. The van der Waals surface area contributed by atoms with E-state index in [1.54, 1.807) is 0 Å². The molecule has 0 spiro atoms. The highest BCUT2D eigenvalue weighted by atomic mass is 16.5. The first kappa shape index (κ1) is 17.3. The fraction of sp³-hybridized carbons (Fsp3) is 0.600. The van der Waals surface area contributed by atoms with Gasteiger partial charge in [-0.1, -0.05) is 30.3 Å². The lowest BCUT2D eigenvalue weighted by Gasteiger charge is -2.32. The van der Waals surface area contributed by atoms with E-state index in [0.29, 0.717) is 19.1 Å². The van der Waals surface area contributed by atoms with Gasteiger partial charge < -0.3 is 19.8 Å². The summed E-state index contributed by atoms with van der Waals surface area (Å²) in [5.74, 6) is 2.34. The minimum absolute atomic E-state index is 0.201. The van der Waals surface area contributed by atoms with Gasteiger partial charge in [0.15, 0.2) is 5.88 Å². The molecule has 132 valence electrons. The van der Waals surface area contributed by atoms with Gasteiger partial charge in [0, 0.05) is 13.1 Å². The van der Waals surface area contributed by atoms with Gasteiger partial charge in [0.25, 0.3) is 0 Å². The Morgan fingerprint density at radius 2 is 1.96 bits per heavy atom. The molecule has 0 bridgehead atoms. The zero-order valence-electron chi connectivity index (χ0n) is 14.3. The molecule has 2 fully saturated rings. The number of aliphatic hydroxyl groups excluding tert-OH is 2. The molecular formula is C20H29NO3. The summed E-state index contributed by atoms with van der Waals surface area (Å²) in [5, 5.41) is 19.6. The van der Waals surface area contributed by atoms with E-state index in [0.717, 1.165) is 49.8 Å². The maximum absolute atomic E-state index is 10.2. The highest BCUT2D eigenvalue weighted by Crippen LogP contribution is 2.50. The minimum Gasteiger partial charge on any atom is -0.495 e. The van der Waals surface area contributed by atoms with Crippen LogP contribution in [0.2, 0.25) is 0 Å². The third-order valence-electron chi connectivity index (χ3n) is 5.48. The van der Waals surface area contributed by atoms with Gasteiger partial charge in [-0.25, -0.2) is 0 Å². The fourth-order valence-corrected chi connectivity index (χ4v) is 4.01. The van der Waals surface area contributed by atoms with Gasteiger partial charge in [-0.2, -0.15) is 0 Å². The number of likely N-dealkylation sites (tertiary alicyclic amines) is 1. The molecule has 1 saturated heterocycles. The van der Waals surface area contributed by atoms with Crippen LogP contribution in [0.4, 0.5) is 0 Å². The quantitative estimate of drug-likeness (QED) is 0.718. The third kappa shape index (κ3) is 4.74. The zero-order valence-corrected chi connectivity index (χ0v) is 14.3. The average Bonchev–Trinajstić information content (AvgIpc) is 3.35. The Kier molecular flexibility index (Phi) is 5.80. The summed E-state index contributed by atoms with van der Waals surface area (Å²) >= 11 is 0. The van der Waals surface area contributed by atoms with E-state index in [9.17, 15) is 10.2 Å². The highest BCUT2D eigenvalue weighted by molar-refractivity contribution is 5.13. The van der Waals surface area contributed by atoms with Gasteiger partial charge in [-0.15, -0.1) is 0 Å². The molecule has 1 saturated carbocycles. The first-order chi connectivity index (χ1) is 11.6. The lowest BCUT2D eigenvalue weighted by Crippen LogP contribution is -2.33. The summed E-state index contributed by atoms with van der Waals surface area (Å²) in [7, 11) is 0. The third-order valence-corrected chi connectivity index (χ3v) is 5.48. The fourth-order valence-electron chi connectivity index (χ4n) is 4.01. The van der Waals surface area contributed by atoms with E-state index in [-0.39, 0.29) is 12.0 Å². The van der Waals surface area contributed by atoms with E-state index >= 15 is 0 Å². The van der Waals surface area contributed by atoms with Gasteiger partial charge in [0.05, 0.1) is 19.3 Å². The average molecular weight is 331 g/mol. The van der Waals surface area contributed by atoms with Crippen molar-refractivity contribution in [1.82, 2.24) is 4.90 Å². The van der Waals surface area contributed by atoms with Crippen LogP contribution < -0.4 is 0 Å². The molecule has 2 aliphatic rings. The number of piperidine rings is 1. The lowest BCUT2D eigenvalue weighted by molar-refractivity contribution is 0.0204. The molecule has 0 radical (unpaired) electrons. The molecule has 3 atom stereocenters. The number of aliphatic hydroxyl groups is 2. The van der Waals surface area contributed by atoms with E-state index in [4.69, 9.17) is 4.74 Å². The van der Waals surface area contributed by atoms with Crippen molar-refractivity contribution in [3.63, 3.8) is 0 Å². The van der Waals surface area contributed by atoms with E-state index < -0.39 is 0 Å². The van der Waals surface area contributed by atoms with Crippen LogP contribution in [0.15, 0.2) is 42.8 Å². The van der Waals surface area contributed by atoms with Gasteiger partial charge in [0.2, 0.25) is 0 Å². The summed E-state index contributed by atoms with van der Waals surface area (Å²) < 4.78 is 5.64. The van der Waals surface area contributed by atoms with Crippen molar-refractivity contribution in [3.05, 3.63) is 48.4 Å². The smallest absolute Gasteiger partial charge is 0.179 e. The maximum atomic E-state index is 10.2. The number of ether oxygens (including phenoxy) is 1. The van der Waals surface area contributed by atoms with Crippen molar-refractivity contribution in [2.24, 2.45) is 17.8 Å². The Hall–Kier alpha value is -1.52. The van der Waals surface area contributed by atoms with Gasteiger partial charge in [0.1, 0.15) is 0 Å². The number of hydrogen-bond acceptors (Lipinski definition) is 4. The van der Waals surface area contributed by atoms with Crippen molar-refractivity contribution in [2.45, 2.75) is 38.4 Å². The molecule has 1 aromatic carbocycles. The molecule has 0 amide bonds. The summed E-state index contributed by atoms with van der Waals surface area (Å²) in [6.07, 6.45) is 3.98. The van der Waals surface area contributed by atoms with E-state index in [1.807, 2.05) is 35.2 Å². The molecule has 1 heterocycles. The molecule has 0 aromatic heterocycles. The standard InChI is InChI=1S/C20H29NO3/c1-15(22)21-9-7-17(8-10-21)20-12-18(20)11-19(23)14-24-13-16-5-3-2-4-6-16/h2-6,17-20,22-23H,1,7-14H2/t18?,19-,20?/m1/s1. The molecule has 1 aromatic rings. The summed E-state index contributed by atoms with van der Waals surface area (Å²) in [6, 6.07) is 10.1. The number of benzene rings is 1. The monoisotopic (exact) mass is 331 g/mol. The molecule has 4 heteroatoms. The Morgan fingerprint density at radius 1 is 1.25 bits per heavy atom. The SMILES string of the molecule is C=C(O)N1CCC(C2CC2C[C@@H](O)COCc2ccccc2)CC1. The Morgan fingerprint density at radius 3 is 2.62 bits per heavy atom. The molecule has 2 N–H and O–H groups in total. The van der Waals surface area contributed by atoms with Gasteiger partial charge >= 0.3 is 0 Å². The van der Waals surface area contributed by atoms with Crippen molar-refractivity contribution in [3.8, 4) is 0 Å². The van der Waals surface area contributed by atoms with Crippen LogP contribution >= 0.6 is 0 Å². The predicted molar refractivity (Wildman–Crippen MR) is 94.4 cm³/mol. The van der Waals surface area contributed by atoms with Crippen LogP contribution in [0.25, 0.3) is 0 Å². The Labute approximate surface area is 144 Å². The normalized spacial score (nSPS) is 25.5. The zero-order chi connectivity index (χ0) is 16.9. The number of nitrogens with zero attached hydrogens (tertiary/aromatic N) is 1. The van der Waals surface area contributed by atoms with Crippen LogP contribution in [0.5, 0.6) is 0 Å². The largest absolute Gasteiger partial charge is 0.495 e. The molecule has 2 unspecified atom stereocenters. The van der Waals surface area contributed by atoms with Crippen LogP contribution in [-0.4, -0.2) is 40.9 Å². The predicted octanol–water partition coefficient (Wildman–Crippen LogP) is 3.33. The molecule has 1 aliphatic carbocycles. The van der Waals surface area contributed by atoms with Crippen LogP contribution in [0.3, 0.4) is 0 Å². The van der Waals surface area contributed by atoms with E-state index in [1.165, 1.54) is 6.42 Å². The topological polar surface area (TPSA) is 52.9 Å². The van der Waals surface area contributed by atoms with Gasteiger partial charge in [-0.05, 0) is 55.6 Å². The molecular weight excluding hydrogens is 302 g/mol. The number of hydrogen-bond donors (Lipinski definition) is 2. The number of rotatable bonds is 8. The summed E-state index contributed by atoms with van der Waals surface area (Å²) in [5.41, 5.74) is 1.14. The van der Waals surface area contributed by atoms with E-state index in [2.05, 4.69) is 6.58 Å². The molecule has 1 aliphatic heterocycles. The Balaban J connectivity index is 1.31. The second-order valence-electron chi connectivity index (χ2n) is 7.29. The maximum Gasteiger partial charge on any atom is 0.179 e. The summed E-state index contributed by atoms with van der Waals surface area (Å²) in [4.78, 5) is 1.96. The molecule has 3 rings (SSSR count). The highest BCUT2D eigenvalue weighted by Gasteiger charge is 2.44. The Bertz CT molecular complexity index is 525. The second kappa shape index (κ2) is 8.04. The molecule has 4 nitrogen and oxygen atoms in total. The van der Waals surface area contributed by atoms with Crippen molar-refractivity contribution in [1.29, 1.82) is 0 Å².